The van der Waals surface area contributed by atoms with Crippen LogP contribution in [0.15, 0.2) is 38.6 Å². The van der Waals surface area contributed by atoms with Crippen LogP contribution in [0, 0.1) is 0 Å². The maximum atomic E-state index is 12.9. The molecule has 2 heterocycles. The van der Waals surface area contributed by atoms with Crippen LogP contribution in [0.1, 0.15) is 0 Å². The van der Waals surface area contributed by atoms with E-state index in [1.54, 1.807) is 24.3 Å². The Morgan fingerprint density at radius 1 is 0.824 bits per heavy atom. The first kappa shape index (κ1) is 25.5. The summed E-state index contributed by atoms with van der Waals surface area (Å²) < 4.78 is 23.5. The lowest BCUT2D eigenvalue weighted by molar-refractivity contribution is -0.141. The fourth-order valence-electron chi connectivity index (χ4n) is 3.01. The van der Waals surface area contributed by atoms with Crippen molar-refractivity contribution in [2.75, 3.05) is 38.4 Å². The lowest BCUT2D eigenvalue weighted by Gasteiger charge is -2.15. The molecule has 2 bridgehead atoms. The fraction of sp³-hybridized carbons (Fsp3) is 0.450. The number of esters is 2. The first-order valence-electron chi connectivity index (χ1n) is 10.2. The Labute approximate surface area is 201 Å². The van der Waals surface area contributed by atoms with Crippen molar-refractivity contribution < 1.29 is 28.5 Å². The van der Waals surface area contributed by atoms with Crippen LogP contribution in [-0.4, -0.2) is 64.1 Å². The summed E-state index contributed by atoms with van der Waals surface area (Å²) in [5.74, 6) is -0.255. The molecule has 0 N–H and O–H groups in total. The minimum Gasteiger partial charge on any atom is -0.493 e. The van der Waals surface area contributed by atoms with Crippen LogP contribution in [0.5, 0.6) is 11.5 Å². The van der Waals surface area contributed by atoms with Crippen molar-refractivity contribution in [3.8, 4) is 11.5 Å². The van der Waals surface area contributed by atoms with Gasteiger partial charge in [-0.05, 0) is 12.1 Å². The molecule has 0 fully saturated rings. The Morgan fingerprint density at radius 2 is 1.35 bits per heavy atom. The maximum absolute atomic E-state index is 12.9. The summed E-state index contributed by atoms with van der Waals surface area (Å²) in [6.07, 6.45) is 0. The average Bonchev–Trinajstić information content (AvgIpc) is 2.83. The number of carbonyl (C=O) groups is 2. The maximum Gasteiger partial charge on any atom is 0.336 e. The molecule has 12 nitrogen and oxygen atoms in total. The molecule has 0 aliphatic carbocycles. The Bertz CT molecular complexity index is 1140. The van der Waals surface area contributed by atoms with E-state index in [1.807, 2.05) is 0 Å². The van der Waals surface area contributed by atoms with E-state index in [2.05, 4.69) is 0 Å². The van der Waals surface area contributed by atoms with E-state index in [0.717, 1.165) is 35.3 Å². The molecule has 0 atom stereocenters. The number of fused-ring (bicyclic) bond motifs is 2. The monoisotopic (exact) mass is 513 g/mol. The van der Waals surface area contributed by atoms with Gasteiger partial charge >= 0.3 is 29.0 Å². The van der Waals surface area contributed by atoms with Gasteiger partial charge in [0.05, 0.1) is 26.7 Å². The van der Waals surface area contributed by atoms with E-state index in [4.69, 9.17) is 18.9 Å². The van der Waals surface area contributed by atoms with Gasteiger partial charge in [0.1, 0.15) is 31.3 Å². The largest absolute Gasteiger partial charge is 0.493 e. The van der Waals surface area contributed by atoms with Crippen molar-refractivity contribution in [1.29, 1.82) is 0 Å². The number of aromatic nitrogens is 3. The van der Waals surface area contributed by atoms with Gasteiger partial charge in [-0.2, -0.15) is 0 Å². The molecule has 34 heavy (non-hydrogen) atoms. The molecule has 1 aliphatic heterocycles. The van der Waals surface area contributed by atoms with Crippen molar-refractivity contribution in [3.63, 3.8) is 0 Å². The third kappa shape index (κ3) is 6.47. The molecule has 0 spiro atoms. The molecule has 3 rings (SSSR count). The molecule has 1 aromatic carbocycles. The summed E-state index contributed by atoms with van der Waals surface area (Å²) in [5.41, 5.74) is -2.61. The Hall–Kier alpha value is -3.13. The molecule has 184 valence electrons. The van der Waals surface area contributed by atoms with Crippen molar-refractivity contribution in [2.24, 2.45) is 0 Å². The first-order chi connectivity index (χ1) is 16.4. The van der Waals surface area contributed by atoms with E-state index < -0.39 is 29.0 Å². The normalized spacial score (nSPS) is 15.4. The van der Waals surface area contributed by atoms with Gasteiger partial charge in [-0.1, -0.05) is 33.7 Å². The number of nitrogens with zero attached hydrogens (tertiary/aromatic N) is 3. The number of methoxy groups -OCH3 is 1. The number of hydrogen-bond donors (Lipinski definition) is 0. The number of ether oxygens (including phenoxy) is 4. The first-order valence-corrected chi connectivity index (χ1v) is 12.7. The minimum absolute atomic E-state index is 0.0170. The highest BCUT2D eigenvalue weighted by Gasteiger charge is 2.17. The molecular formula is C20H23N3O9S2. The lowest BCUT2D eigenvalue weighted by Crippen LogP contribution is -2.55. The second kappa shape index (κ2) is 12.4. The molecule has 0 radical (unpaired) electrons. The van der Waals surface area contributed by atoms with E-state index in [0.29, 0.717) is 11.5 Å². The predicted molar refractivity (Wildman–Crippen MR) is 125 cm³/mol. The smallest absolute Gasteiger partial charge is 0.336 e. The molecule has 1 aliphatic rings. The number of hydrogen-bond acceptors (Lipinski definition) is 11. The molecule has 1 aromatic heterocycles. The number of carbonyl (C=O) groups excluding carboxylic acids is 2. The Kier molecular flexibility index (Phi) is 9.27. The van der Waals surface area contributed by atoms with Crippen molar-refractivity contribution in [2.45, 2.75) is 19.6 Å². The number of benzene rings is 1. The van der Waals surface area contributed by atoms with Crippen LogP contribution in [0.3, 0.4) is 0 Å². The number of rotatable bonds is 5. The van der Waals surface area contributed by atoms with Gasteiger partial charge in [0.15, 0.2) is 11.5 Å². The van der Waals surface area contributed by atoms with E-state index in [9.17, 15) is 24.0 Å². The van der Waals surface area contributed by atoms with Crippen LogP contribution >= 0.6 is 21.6 Å². The topological polar surface area (TPSA) is 137 Å². The highest BCUT2D eigenvalue weighted by Crippen LogP contribution is 2.25. The molecule has 0 amide bonds. The fourth-order valence-corrected chi connectivity index (χ4v) is 4.61. The zero-order valence-electron chi connectivity index (χ0n) is 18.3. The molecule has 0 unspecified atom stereocenters. The standard InChI is InChI=1S/C20H23N3O9S2/c1-29-14-4-2-3-5-15(14)30-9-6-21-18(26)22-7-10-31-16(24)12-33-34-13-17(25)32-11-8-23(19(21)27)20(22)28/h2-5H,6-13H2,1H3. The van der Waals surface area contributed by atoms with Crippen LogP contribution in [-0.2, 0) is 38.7 Å². The third-order valence-electron chi connectivity index (χ3n) is 4.62. The molecule has 2 aromatic rings. The van der Waals surface area contributed by atoms with Gasteiger partial charge in [-0.15, -0.1) is 0 Å². The zero-order chi connectivity index (χ0) is 24.5. The van der Waals surface area contributed by atoms with E-state index >= 15 is 0 Å². The third-order valence-corrected chi connectivity index (χ3v) is 6.70. The second-order valence-corrected chi connectivity index (χ2v) is 9.23. The van der Waals surface area contributed by atoms with E-state index in [1.165, 1.54) is 7.11 Å². The van der Waals surface area contributed by atoms with Crippen molar-refractivity contribution in [3.05, 3.63) is 55.7 Å². The van der Waals surface area contributed by atoms with Crippen molar-refractivity contribution in [1.82, 2.24) is 13.7 Å². The van der Waals surface area contributed by atoms with Crippen LogP contribution in [0.2, 0.25) is 0 Å². The highest BCUT2D eigenvalue weighted by atomic mass is 33.1. The van der Waals surface area contributed by atoms with Crippen LogP contribution in [0.4, 0.5) is 0 Å². The van der Waals surface area contributed by atoms with Crippen LogP contribution in [0.25, 0.3) is 0 Å². The van der Waals surface area contributed by atoms with E-state index in [-0.39, 0.29) is 51.0 Å². The van der Waals surface area contributed by atoms with Gasteiger partial charge < -0.3 is 18.9 Å². The predicted octanol–water partition coefficient (Wildman–Crippen LogP) is -0.259. The average molecular weight is 514 g/mol. The molecular weight excluding hydrogens is 490 g/mol. The molecule has 0 saturated heterocycles. The summed E-state index contributed by atoms with van der Waals surface area (Å²) in [4.78, 5) is 62.3. The van der Waals surface area contributed by atoms with Gasteiger partial charge in [0.25, 0.3) is 0 Å². The minimum atomic E-state index is -0.886. The summed E-state index contributed by atoms with van der Waals surface area (Å²) >= 11 is 0. The number of para-hydroxylation sites is 2. The summed E-state index contributed by atoms with van der Waals surface area (Å²) in [7, 11) is 3.74. The lowest BCUT2D eigenvalue weighted by atomic mass is 10.3. The molecule has 14 heteroatoms. The Morgan fingerprint density at radius 3 is 1.88 bits per heavy atom. The zero-order valence-corrected chi connectivity index (χ0v) is 19.9. The van der Waals surface area contributed by atoms with Crippen molar-refractivity contribution >= 4 is 33.5 Å². The molecule has 0 saturated carbocycles. The quantitative estimate of drug-likeness (QED) is 0.386. The summed E-state index contributed by atoms with van der Waals surface area (Å²) in [5, 5.41) is 0. The van der Waals surface area contributed by atoms with Gasteiger partial charge in [-0.25, -0.2) is 28.1 Å². The summed E-state index contributed by atoms with van der Waals surface area (Å²) in [6, 6.07) is 6.88. The second-order valence-electron chi connectivity index (χ2n) is 6.77. The van der Waals surface area contributed by atoms with Gasteiger partial charge in [0, 0.05) is 0 Å². The highest BCUT2D eigenvalue weighted by molar-refractivity contribution is 8.77. The van der Waals surface area contributed by atoms with Crippen LogP contribution < -0.4 is 26.5 Å². The SMILES string of the molecule is COc1ccccc1OCCn1c(=O)n2c(=O)n(c1=O)CCOC(=O)CSSCC(=O)OCC2. The van der Waals surface area contributed by atoms with Gasteiger partial charge in [-0.3, -0.25) is 9.59 Å². The summed E-state index contributed by atoms with van der Waals surface area (Å²) in [6.45, 7) is -1.17. The Balaban J connectivity index is 1.88. The van der Waals surface area contributed by atoms with Gasteiger partial charge in [0.2, 0.25) is 0 Å². The number of cyclic esters (lactones) is 2.